The molecule has 1 saturated heterocycles. The summed E-state index contributed by atoms with van der Waals surface area (Å²) < 4.78 is 0. The molecule has 1 fully saturated rings. The van der Waals surface area contributed by atoms with Crippen molar-refractivity contribution < 1.29 is 9.59 Å². The molecule has 0 radical (unpaired) electrons. The van der Waals surface area contributed by atoms with Gasteiger partial charge in [0.25, 0.3) is 11.8 Å². The Bertz CT molecular complexity index is 616. The van der Waals surface area contributed by atoms with Gasteiger partial charge in [-0.15, -0.1) is 11.3 Å². The van der Waals surface area contributed by atoms with Gasteiger partial charge in [-0.25, -0.2) is 0 Å². The van der Waals surface area contributed by atoms with E-state index in [1.807, 2.05) is 22.4 Å². The van der Waals surface area contributed by atoms with Crippen molar-refractivity contribution >= 4 is 23.2 Å². The highest BCUT2D eigenvalue weighted by Gasteiger charge is 2.24. The summed E-state index contributed by atoms with van der Waals surface area (Å²) >= 11 is 1.45. The molecule has 0 aliphatic carbocycles. The van der Waals surface area contributed by atoms with Crippen LogP contribution in [-0.4, -0.2) is 46.5 Å². The van der Waals surface area contributed by atoms with Crippen LogP contribution in [0.2, 0.25) is 0 Å². The SMILES string of the molecule is O=C(NCC1CCN(C(=O)c2cn[nH]c2)CC1)c1cccs1. The van der Waals surface area contributed by atoms with E-state index in [-0.39, 0.29) is 11.8 Å². The predicted octanol–water partition coefficient (Wildman–Crippen LogP) is 1.75. The molecule has 2 amide bonds. The largest absolute Gasteiger partial charge is 0.351 e. The summed E-state index contributed by atoms with van der Waals surface area (Å²) in [6, 6.07) is 3.70. The molecule has 0 saturated carbocycles. The van der Waals surface area contributed by atoms with Gasteiger partial charge in [-0.2, -0.15) is 5.10 Å². The fraction of sp³-hybridized carbons (Fsp3) is 0.400. The van der Waals surface area contributed by atoms with Gasteiger partial charge in [-0.1, -0.05) is 6.07 Å². The minimum absolute atomic E-state index is 0.00750. The number of thiophene rings is 1. The minimum atomic E-state index is -0.00750. The maximum Gasteiger partial charge on any atom is 0.261 e. The van der Waals surface area contributed by atoms with E-state index >= 15 is 0 Å². The summed E-state index contributed by atoms with van der Waals surface area (Å²) in [6.45, 7) is 2.12. The molecule has 7 heteroatoms. The van der Waals surface area contributed by atoms with Crippen LogP contribution in [0.25, 0.3) is 0 Å². The highest BCUT2D eigenvalue weighted by atomic mass is 32.1. The number of piperidine rings is 1. The molecule has 1 aliphatic rings. The van der Waals surface area contributed by atoms with Gasteiger partial charge >= 0.3 is 0 Å². The smallest absolute Gasteiger partial charge is 0.261 e. The molecule has 2 aromatic rings. The number of carbonyl (C=O) groups excluding carboxylic acids is 2. The topological polar surface area (TPSA) is 78.1 Å². The zero-order valence-corrected chi connectivity index (χ0v) is 12.9. The fourth-order valence-corrected chi connectivity index (χ4v) is 3.26. The van der Waals surface area contributed by atoms with Crippen molar-refractivity contribution in [1.29, 1.82) is 0 Å². The number of hydrogen-bond donors (Lipinski definition) is 2. The monoisotopic (exact) mass is 318 g/mol. The first-order valence-corrected chi connectivity index (χ1v) is 8.22. The zero-order valence-electron chi connectivity index (χ0n) is 12.1. The molecule has 6 nitrogen and oxygen atoms in total. The van der Waals surface area contributed by atoms with Gasteiger partial charge in [0.15, 0.2) is 0 Å². The summed E-state index contributed by atoms with van der Waals surface area (Å²) in [6.07, 6.45) is 4.99. The molecule has 1 aliphatic heterocycles. The molecule has 116 valence electrons. The summed E-state index contributed by atoms with van der Waals surface area (Å²) in [5.74, 6) is 0.444. The van der Waals surface area contributed by atoms with Crippen LogP contribution in [0.3, 0.4) is 0 Å². The van der Waals surface area contributed by atoms with Crippen molar-refractivity contribution in [3.05, 3.63) is 40.3 Å². The van der Waals surface area contributed by atoms with E-state index in [9.17, 15) is 9.59 Å². The number of carbonyl (C=O) groups is 2. The Morgan fingerprint density at radius 1 is 1.41 bits per heavy atom. The second-order valence-corrected chi connectivity index (χ2v) is 6.36. The Labute approximate surface area is 132 Å². The predicted molar refractivity (Wildman–Crippen MR) is 83.9 cm³/mol. The average molecular weight is 318 g/mol. The first kappa shape index (κ1) is 14.8. The van der Waals surface area contributed by atoms with Crippen LogP contribution >= 0.6 is 11.3 Å². The summed E-state index contributed by atoms with van der Waals surface area (Å²) in [7, 11) is 0. The van der Waals surface area contributed by atoms with E-state index < -0.39 is 0 Å². The van der Waals surface area contributed by atoms with Crippen molar-refractivity contribution in [2.24, 2.45) is 5.92 Å². The Morgan fingerprint density at radius 3 is 2.86 bits per heavy atom. The second kappa shape index (κ2) is 6.74. The maximum absolute atomic E-state index is 12.2. The number of hydrogen-bond acceptors (Lipinski definition) is 4. The number of aromatic nitrogens is 2. The van der Waals surface area contributed by atoms with Gasteiger partial charge in [0.05, 0.1) is 16.6 Å². The Balaban J connectivity index is 1.44. The standard InChI is InChI=1S/C15H18N4O2S/c20-14(13-2-1-7-22-13)16-8-11-3-5-19(6-4-11)15(21)12-9-17-18-10-12/h1-2,7,9-11H,3-6,8H2,(H,16,20)(H,17,18). The molecule has 0 bridgehead atoms. The van der Waals surface area contributed by atoms with Crippen LogP contribution in [0.4, 0.5) is 0 Å². The summed E-state index contributed by atoms with van der Waals surface area (Å²) in [5, 5.41) is 11.3. The van der Waals surface area contributed by atoms with Gasteiger partial charge in [0, 0.05) is 25.8 Å². The van der Waals surface area contributed by atoms with Crippen LogP contribution in [0.5, 0.6) is 0 Å². The number of aromatic amines is 1. The Kier molecular flexibility index (Phi) is 4.53. The quantitative estimate of drug-likeness (QED) is 0.901. The van der Waals surface area contributed by atoms with E-state index in [2.05, 4.69) is 15.5 Å². The first-order chi connectivity index (χ1) is 10.7. The lowest BCUT2D eigenvalue weighted by Crippen LogP contribution is -2.41. The van der Waals surface area contributed by atoms with Gasteiger partial charge in [0.1, 0.15) is 0 Å². The van der Waals surface area contributed by atoms with Crippen LogP contribution in [0, 0.1) is 5.92 Å². The lowest BCUT2D eigenvalue weighted by molar-refractivity contribution is 0.0684. The van der Waals surface area contributed by atoms with Crippen molar-refractivity contribution in [2.45, 2.75) is 12.8 Å². The van der Waals surface area contributed by atoms with E-state index in [1.165, 1.54) is 11.3 Å². The molecule has 22 heavy (non-hydrogen) atoms. The van der Waals surface area contributed by atoms with Gasteiger partial charge in [0.2, 0.25) is 0 Å². The van der Waals surface area contributed by atoms with E-state index in [0.29, 0.717) is 18.0 Å². The number of amides is 2. The summed E-state index contributed by atoms with van der Waals surface area (Å²) in [5.41, 5.74) is 0.601. The van der Waals surface area contributed by atoms with Crippen molar-refractivity contribution in [3.8, 4) is 0 Å². The molecule has 3 heterocycles. The molecule has 0 atom stereocenters. The molecule has 0 unspecified atom stereocenters. The Hall–Kier alpha value is -2.15. The van der Waals surface area contributed by atoms with Crippen LogP contribution < -0.4 is 5.32 Å². The lowest BCUT2D eigenvalue weighted by Gasteiger charge is -2.31. The molecule has 0 aromatic carbocycles. The van der Waals surface area contributed by atoms with Crippen LogP contribution in [-0.2, 0) is 0 Å². The number of nitrogens with one attached hydrogen (secondary N) is 2. The molecule has 2 N–H and O–H groups in total. The van der Waals surface area contributed by atoms with Crippen LogP contribution in [0.1, 0.15) is 32.9 Å². The van der Waals surface area contributed by atoms with Gasteiger partial charge in [-0.05, 0) is 30.2 Å². The third kappa shape index (κ3) is 3.36. The van der Waals surface area contributed by atoms with E-state index in [1.54, 1.807) is 12.4 Å². The van der Waals surface area contributed by atoms with Crippen molar-refractivity contribution in [1.82, 2.24) is 20.4 Å². The van der Waals surface area contributed by atoms with Crippen molar-refractivity contribution in [3.63, 3.8) is 0 Å². The van der Waals surface area contributed by atoms with Gasteiger partial charge in [-0.3, -0.25) is 14.7 Å². The fourth-order valence-electron chi connectivity index (χ4n) is 2.62. The average Bonchev–Trinajstić information content (AvgIpc) is 3.25. The second-order valence-electron chi connectivity index (χ2n) is 5.41. The maximum atomic E-state index is 12.2. The van der Waals surface area contributed by atoms with E-state index in [0.717, 1.165) is 30.8 Å². The highest BCUT2D eigenvalue weighted by molar-refractivity contribution is 7.12. The normalized spacial score (nSPS) is 15.7. The summed E-state index contributed by atoms with van der Waals surface area (Å²) in [4.78, 5) is 26.7. The Morgan fingerprint density at radius 2 is 2.23 bits per heavy atom. The molecular weight excluding hydrogens is 300 g/mol. The number of likely N-dealkylation sites (tertiary alicyclic amines) is 1. The highest BCUT2D eigenvalue weighted by Crippen LogP contribution is 2.18. The van der Waals surface area contributed by atoms with E-state index in [4.69, 9.17) is 0 Å². The molecule has 2 aromatic heterocycles. The third-order valence-electron chi connectivity index (χ3n) is 3.94. The van der Waals surface area contributed by atoms with Crippen LogP contribution in [0.15, 0.2) is 29.9 Å². The lowest BCUT2D eigenvalue weighted by atomic mass is 9.96. The minimum Gasteiger partial charge on any atom is -0.351 e. The molecule has 0 spiro atoms. The molecule has 3 rings (SSSR count). The van der Waals surface area contributed by atoms with Gasteiger partial charge < -0.3 is 10.2 Å². The zero-order chi connectivity index (χ0) is 15.4. The number of nitrogens with zero attached hydrogens (tertiary/aromatic N) is 2. The van der Waals surface area contributed by atoms with Crippen molar-refractivity contribution in [2.75, 3.05) is 19.6 Å². The third-order valence-corrected chi connectivity index (χ3v) is 4.81. The number of H-pyrrole nitrogens is 1. The molecular formula is C15H18N4O2S. The number of rotatable bonds is 4. The first-order valence-electron chi connectivity index (χ1n) is 7.34.